The molecule has 1 aromatic rings. The molecule has 2 amide bonds. The maximum absolute atomic E-state index is 12.4. The third-order valence-corrected chi connectivity index (χ3v) is 4.68. The molecule has 1 atom stereocenters. The van der Waals surface area contributed by atoms with Gasteiger partial charge in [0.1, 0.15) is 12.2 Å². The molecule has 2 rings (SSSR count). The molecule has 156 valence electrons. The van der Waals surface area contributed by atoms with Crippen molar-refractivity contribution in [3.8, 4) is 11.5 Å². The van der Waals surface area contributed by atoms with E-state index in [-0.39, 0.29) is 17.9 Å². The lowest BCUT2D eigenvalue weighted by Crippen LogP contribution is -2.45. The number of hydrogen-bond donors (Lipinski definition) is 2. The van der Waals surface area contributed by atoms with E-state index in [4.69, 9.17) is 9.47 Å². The first-order valence-electron chi connectivity index (χ1n) is 9.56. The Bertz CT molecular complexity index is 670. The van der Waals surface area contributed by atoms with Gasteiger partial charge in [0, 0.05) is 44.6 Å². The van der Waals surface area contributed by atoms with Crippen LogP contribution in [0.1, 0.15) is 30.1 Å². The van der Waals surface area contributed by atoms with Gasteiger partial charge < -0.3 is 29.7 Å². The van der Waals surface area contributed by atoms with Crippen LogP contribution in [0.4, 0.5) is 0 Å². The van der Waals surface area contributed by atoms with Crippen LogP contribution in [0.3, 0.4) is 0 Å². The normalized spacial score (nSPS) is 16.0. The Morgan fingerprint density at radius 1 is 1.29 bits per heavy atom. The molecule has 0 unspecified atom stereocenters. The average Bonchev–Trinajstić information content (AvgIpc) is 2.67. The maximum Gasteiger partial charge on any atom is 0.251 e. The van der Waals surface area contributed by atoms with Crippen molar-refractivity contribution >= 4 is 11.8 Å². The van der Waals surface area contributed by atoms with Crippen LogP contribution in [0, 0.1) is 0 Å². The fourth-order valence-electron chi connectivity index (χ4n) is 3.04. The Hall–Kier alpha value is -2.32. The van der Waals surface area contributed by atoms with Crippen LogP contribution in [0.2, 0.25) is 0 Å². The lowest BCUT2D eigenvalue weighted by molar-refractivity contribution is -0.141. The molecule has 1 aliphatic rings. The number of nitrogens with one attached hydrogen (secondary N) is 1. The van der Waals surface area contributed by atoms with E-state index in [0.717, 1.165) is 6.54 Å². The quantitative estimate of drug-likeness (QED) is 0.677. The number of benzene rings is 1. The Morgan fingerprint density at radius 3 is 2.54 bits per heavy atom. The second-order valence-electron chi connectivity index (χ2n) is 7.24. The average molecular weight is 393 g/mol. The van der Waals surface area contributed by atoms with E-state index in [1.807, 2.05) is 19.0 Å². The summed E-state index contributed by atoms with van der Waals surface area (Å²) in [6.45, 7) is 3.85. The Morgan fingerprint density at radius 2 is 1.96 bits per heavy atom. The molecule has 2 N–H and O–H groups in total. The minimum Gasteiger partial charge on any atom is -0.493 e. The van der Waals surface area contributed by atoms with Crippen LogP contribution in [-0.2, 0) is 4.79 Å². The number of piperidine rings is 1. The third kappa shape index (κ3) is 6.10. The number of amides is 2. The molecule has 0 bridgehead atoms. The summed E-state index contributed by atoms with van der Waals surface area (Å²) in [7, 11) is 5.46. The van der Waals surface area contributed by atoms with Gasteiger partial charge in [0.25, 0.3) is 11.8 Å². The minimum absolute atomic E-state index is 0.0843. The van der Waals surface area contributed by atoms with Gasteiger partial charge in [-0.25, -0.2) is 0 Å². The van der Waals surface area contributed by atoms with Crippen LogP contribution in [0.5, 0.6) is 11.5 Å². The first-order chi connectivity index (χ1) is 13.3. The van der Waals surface area contributed by atoms with Crippen molar-refractivity contribution in [1.82, 2.24) is 15.1 Å². The van der Waals surface area contributed by atoms with E-state index in [9.17, 15) is 14.7 Å². The first kappa shape index (κ1) is 22.0. The van der Waals surface area contributed by atoms with Crippen molar-refractivity contribution in [3.63, 3.8) is 0 Å². The molecule has 1 fully saturated rings. The van der Waals surface area contributed by atoms with E-state index >= 15 is 0 Å². The molecule has 0 aliphatic carbocycles. The Balaban J connectivity index is 1.99. The molecule has 0 aromatic heterocycles. The largest absolute Gasteiger partial charge is 0.493 e. The van der Waals surface area contributed by atoms with Gasteiger partial charge in [-0.1, -0.05) is 0 Å². The number of rotatable bonds is 8. The number of nitrogens with zero attached hydrogens (tertiary/aromatic N) is 2. The predicted octanol–water partition coefficient (Wildman–Crippen LogP) is 0.737. The molecular weight excluding hydrogens is 362 g/mol. The number of aliphatic hydroxyl groups excluding tert-OH is 1. The first-order valence-corrected chi connectivity index (χ1v) is 9.56. The molecule has 8 heteroatoms. The minimum atomic E-state index is -0.986. The zero-order valence-corrected chi connectivity index (χ0v) is 17.1. The van der Waals surface area contributed by atoms with E-state index in [1.165, 1.54) is 6.92 Å². The molecule has 0 saturated carbocycles. The van der Waals surface area contributed by atoms with Crippen molar-refractivity contribution in [2.75, 3.05) is 47.4 Å². The highest BCUT2D eigenvalue weighted by molar-refractivity contribution is 5.94. The lowest BCUT2D eigenvalue weighted by atomic mass is 10.1. The Kier molecular flexibility index (Phi) is 8.07. The van der Waals surface area contributed by atoms with Gasteiger partial charge >= 0.3 is 0 Å². The monoisotopic (exact) mass is 393 g/mol. The van der Waals surface area contributed by atoms with Crippen molar-refractivity contribution in [2.45, 2.75) is 32.0 Å². The van der Waals surface area contributed by atoms with Gasteiger partial charge in [-0.3, -0.25) is 9.59 Å². The highest BCUT2D eigenvalue weighted by atomic mass is 16.5. The van der Waals surface area contributed by atoms with Crippen molar-refractivity contribution in [3.05, 3.63) is 23.8 Å². The summed E-state index contributed by atoms with van der Waals surface area (Å²) >= 11 is 0. The molecule has 1 aromatic carbocycles. The van der Waals surface area contributed by atoms with E-state index < -0.39 is 6.10 Å². The number of carbonyl (C=O) groups excluding carboxylic acids is 2. The van der Waals surface area contributed by atoms with Crippen molar-refractivity contribution < 1.29 is 24.2 Å². The molecular formula is C20H31N3O5. The predicted molar refractivity (Wildman–Crippen MR) is 106 cm³/mol. The molecule has 1 heterocycles. The molecule has 8 nitrogen and oxygen atoms in total. The topological polar surface area (TPSA) is 91.3 Å². The van der Waals surface area contributed by atoms with Crippen LogP contribution >= 0.6 is 0 Å². The third-order valence-electron chi connectivity index (χ3n) is 4.68. The van der Waals surface area contributed by atoms with Crippen LogP contribution < -0.4 is 14.8 Å². The number of likely N-dealkylation sites (tertiary alicyclic amines) is 1. The van der Waals surface area contributed by atoms with Gasteiger partial charge in [-0.15, -0.1) is 0 Å². The number of carbonyl (C=O) groups is 2. The number of methoxy groups -OCH3 is 1. The molecule has 1 saturated heterocycles. The van der Waals surface area contributed by atoms with E-state index in [2.05, 4.69) is 5.32 Å². The number of likely N-dealkylation sites (N-methyl/N-ethyl adjacent to an activating group) is 1. The lowest BCUT2D eigenvalue weighted by Gasteiger charge is -2.33. The van der Waals surface area contributed by atoms with Gasteiger partial charge in [0.05, 0.1) is 7.11 Å². The van der Waals surface area contributed by atoms with Crippen LogP contribution in [0.25, 0.3) is 0 Å². The van der Waals surface area contributed by atoms with Crippen molar-refractivity contribution in [2.24, 2.45) is 0 Å². The zero-order chi connectivity index (χ0) is 20.7. The highest BCUT2D eigenvalue weighted by Gasteiger charge is 2.26. The number of hydrogen-bond acceptors (Lipinski definition) is 6. The zero-order valence-electron chi connectivity index (χ0n) is 17.1. The van der Waals surface area contributed by atoms with Crippen LogP contribution in [-0.4, -0.2) is 86.3 Å². The summed E-state index contributed by atoms with van der Waals surface area (Å²) < 4.78 is 11.4. The summed E-state index contributed by atoms with van der Waals surface area (Å²) in [4.78, 5) is 27.9. The fraction of sp³-hybridized carbons (Fsp3) is 0.600. The highest BCUT2D eigenvalue weighted by Crippen LogP contribution is 2.31. The SMILES string of the molecule is COc1ccc(C(=O)NCCN(C)C)cc1OC1CCN(C(=O)[C@@H](C)O)CC1. The van der Waals surface area contributed by atoms with Gasteiger partial charge in [0.15, 0.2) is 11.5 Å². The summed E-state index contributed by atoms with van der Waals surface area (Å²) in [5, 5.41) is 12.3. The Labute approximate surface area is 166 Å². The van der Waals surface area contributed by atoms with E-state index in [0.29, 0.717) is 49.5 Å². The van der Waals surface area contributed by atoms with Gasteiger partial charge in [0.2, 0.25) is 0 Å². The molecule has 28 heavy (non-hydrogen) atoms. The van der Waals surface area contributed by atoms with Gasteiger partial charge in [-0.2, -0.15) is 0 Å². The molecule has 0 spiro atoms. The van der Waals surface area contributed by atoms with Crippen LogP contribution in [0.15, 0.2) is 18.2 Å². The molecule has 1 aliphatic heterocycles. The number of ether oxygens (including phenoxy) is 2. The maximum atomic E-state index is 12.4. The summed E-state index contributed by atoms with van der Waals surface area (Å²) in [5.74, 6) is 0.662. The van der Waals surface area contributed by atoms with Gasteiger partial charge in [-0.05, 0) is 39.2 Å². The smallest absolute Gasteiger partial charge is 0.251 e. The fourth-order valence-corrected chi connectivity index (χ4v) is 3.04. The summed E-state index contributed by atoms with van der Waals surface area (Å²) in [6, 6.07) is 5.13. The summed E-state index contributed by atoms with van der Waals surface area (Å²) in [5.41, 5.74) is 0.510. The summed E-state index contributed by atoms with van der Waals surface area (Å²) in [6.07, 6.45) is 0.237. The van der Waals surface area contributed by atoms with E-state index in [1.54, 1.807) is 30.2 Å². The second kappa shape index (κ2) is 10.3. The standard InChI is InChI=1S/C20H31N3O5/c1-14(24)20(26)23-10-7-16(8-11-23)28-18-13-15(5-6-17(18)27-4)19(25)21-9-12-22(2)3/h5-6,13-14,16,24H,7-12H2,1-4H3,(H,21,25)/t14-/m1/s1. The molecule has 0 radical (unpaired) electrons. The van der Waals surface area contributed by atoms with Crippen molar-refractivity contribution in [1.29, 1.82) is 0 Å². The number of aliphatic hydroxyl groups is 1. The second-order valence-corrected chi connectivity index (χ2v) is 7.24.